The number of carbonyl (C=O) groups excluding carboxylic acids is 1. The summed E-state index contributed by atoms with van der Waals surface area (Å²) in [5, 5.41) is 3.20. The Morgan fingerprint density at radius 2 is 1.78 bits per heavy atom. The summed E-state index contributed by atoms with van der Waals surface area (Å²) in [5.41, 5.74) is 6.06. The van der Waals surface area contributed by atoms with Gasteiger partial charge in [0, 0.05) is 6.04 Å². The molecule has 0 heterocycles. The van der Waals surface area contributed by atoms with Crippen LogP contribution in [0, 0.1) is 16.7 Å². The molecule has 0 aromatic heterocycles. The molecule has 3 nitrogen and oxygen atoms in total. The summed E-state index contributed by atoms with van der Waals surface area (Å²) in [4.78, 5) is 12.5. The van der Waals surface area contributed by atoms with Crippen molar-refractivity contribution in [3.8, 4) is 0 Å². The van der Waals surface area contributed by atoms with E-state index in [-0.39, 0.29) is 22.8 Å². The minimum atomic E-state index is -0.633. The average Bonchev–Trinajstić information content (AvgIpc) is 2.60. The maximum atomic E-state index is 12.5. The average molecular weight is 252 g/mol. The standard InChI is InChI=1S/C15H28N2O/c1-10-7-6-8-15(16,9-10)12(18)17-11-13(2,3)14(11,4)5/h10-11H,6-9,16H2,1-5H3,(H,17,18). The van der Waals surface area contributed by atoms with Crippen molar-refractivity contribution < 1.29 is 4.79 Å². The molecule has 0 saturated heterocycles. The Labute approximate surface area is 111 Å². The molecule has 3 N–H and O–H groups in total. The van der Waals surface area contributed by atoms with Crippen LogP contribution in [0.2, 0.25) is 0 Å². The Morgan fingerprint density at radius 1 is 1.22 bits per heavy atom. The summed E-state index contributed by atoms with van der Waals surface area (Å²) in [5.74, 6) is 0.632. The van der Waals surface area contributed by atoms with E-state index in [1.54, 1.807) is 0 Å². The fourth-order valence-corrected chi connectivity index (χ4v) is 3.63. The predicted octanol–water partition coefficient (Wildman–Crippen LogP) is 2.44. The number of carbonyl (C=O) groups is 1. The van der Waals surface area contributed by atoms with Crippen molar-refractivity contribution in [1.29, 1.82) is 0 Å². The van der Waals surface area contributed by atoms with Crippen LogP contribution in [-0.2, 0) is 4.79 Å². The molecule has 3 heteroatoms. The maximum absolute atomic E-state index is 12.5. The van der Waals surface area contributed by atoms with Gasteiger partial charge in [-0.05, 0) is 29.6 Å². The van der Waals surface area contributed by atoms with Gasteiger partial charge in [0.25, 0.3) is 0 Å². The van der Waals surface area contributed by atoms with Crippen LogP contribution in [0.15, 0.2) is 0 Å². The van der Waals surface area contributed by atoms with Crippen molar-refractivity contribution >= 4 is 5.91 Å². The number of hydrogen-bond acceptors (Lipinski definition) is 2. The number of hydrogen-bond donors (Lipinski definition) is 2. The molecule has 0 spiro atoms. The minimum absolute atomic E-state index is 0.0673. The Kier molecular flexibility index (Phi) is 3.05. The lowest BCUT2D eigenvalue weighted by molar-refractivity contribution is -0.128. The lowest BCUT2D eigenvalue weighted by atomic mass is 9.76. The molecule has 2 aliphatic rings. The van der Waals surface area contributed by atoms with E-state index in [0.717, 1.165) is 19.3 Å². The summed E-state index contributed by atoms with van der Waals surface area (Å²) < 4.78 is 0. The number of rotatable bonds is 2. The molecule has 0 bridgehead atoms. The SMILES string of the molecule is CC1CCCC(N)(C(=O)NC2C(C)(C)C2(C)C)C1. The van der Waals surface area contributed by atoms with Crippen LogP contribution in [0.4, 0.5) is 0 Å². The first kappa shape index (κ1) is 13.9. The molecule has 0 aromatic rings. The Bertz CT molecular complexity index is 348. The normalized spacial score (nSPS) is 38.2. The zero-order valence-corrected chi connectivity index (χ0v) is 12.5. The largest absolute Gasteiger partial charge is 0.351 e. The summed E-state index contributed by atoms with van der Waals surface area (Å²) in [7, 11) is 0. The van der Waals surface area contributed by atoms with Crippen molar-refractivity contribution in [2.45, 2.75) is 71.9 Å². The van der Waals surface area contributed by atoms with Crippen LogP contribution in [0.1, 0.15) is 60.3 Å². The molecule has 2 aliphatic carbocycles. The van der Waals surface area contributed by atoms with Crippen LogP contribution in [0.25, 0.3) is 0 Å². The van der Waals surface area contributed by atoms with Crippen LogP contribution >= 0.6 is 0 Å². The first-order valence-corrected chi connectivity index (χ1v) is 7.21. The molecular weight excluding hydrogens is 224 g/mol. The molecule has 0 aromatic carbocycles. The number of amides is 1. The first-order chi connectivity index (χ1) is 8.11. The van der Waals surface area contributed by atoms with E-state index in [9.17, 15) is 4.79 Å². The van der Waals surface area contributed by atoms with E-state index >= 15 is 0 Å². The Balaban J connectivity index is 2.01. The molecule has 2 atom stereocenters. The van der Waals surface area contributed by atoms with Gasteiger partial charge in [-0.1, -0.05) is 47.5 Å². The highest BCUT2D eigenvalue weighted by Crippen LogP contribution is 2.62. The quantitative estimate of drug-likeness (QED) is 0.793. The van der Waals surface area contributed by atoms with E-state index in [2.05, 4.69) is 39.9 Å². The van der Waals surface area contributed by atoms with Crippen LogP contribution in [-0.4, -0.2) is 17.5 Å². The highest BCUT2D eigenvalue weighted by molar-refractivity contribution is 5.87. The van der Waals surface area contributed by atoms with E-state index in [4.69, 9.17) is 5.73 Å². The zero-order valence-electron chi connectivity index (χ0n) is 12.5. The van der Waals surface area contributed by atoms with Crippen molar-refractivity contribution in [3.63, 3.8) is 0 Å². The smallest absolute Gasteiger partial charge is 0.240 e. The second kappa shape index (κ2) is 3.96. The van der Waals surface area contributed by atoms with Crippen molar-refractivity contribution in [1.82, 2.24) is 5.32 Å². The fraction of sp³-hybridized carbons (Fsp3) is 0.933. The van der Waals surface area contributed by atoms with Gasteiger partial charge in [-0.2, -0.15) is 0 Å². The van der Waals surface area contributed by atoms with Gasteiger partial charge < -0.3 is 11.1 Å². The molecule has 18 heavy (non-hydrogen) atoms. The van der Waals surface area contributed by atoms with Gasteiger partial charge in [0.1, 0.15) is 0 Å². The number of nitrogens with one attached hydrogen (secondary N) is 1. The highest BCUT2D eigenvalue weighted by Gasteiger charge is 2.66. The lowest BCUT2D eigenvalue weighted by Gasteiger charge is -2.35. The molecule has 2 fully saturated rings. The molecule has 2 saturated carbocycles. The maximum Gasteiger partial charge on any atom is 0.240 e. The van der Waals surface area contributed by atoms with E-state index in [1.165, 1.54) is 6.42 Å². The Morgan fingerprint density at radius 3 is 2.22 bits per heavy atom. The summed E-state index contributed by atoms with van der Waals surface area (Å²) in [6.45, 7) is 11.0. The molecule has 1 amide bonds. The summed E-state index contributed by atoms with van der Waals surface area (Å²) >= 11 is 0. The van der Waals surface area contributed by atoms with Crippen LogP contribution < -0.4 is 11.1 Å². The van der Waals surface area contributed by atoms with Gasteiger partial charge in [-0.25, -0.2) is 0 Å². The highest BCUT2D eigenvalue weighted by atomic mass is 16.2. The molecule has 2 rings (SSSR count). The zero-order chi connectivity index (χ0) is 13.8. The predicted molar refractivity (Wildman–Crippen MR) is 74.0 cm³/mol. The van der Waals surface area contributed by atoms with Gasteiger partial charge in [-0.15, -0.1) is 0 Å². The van der Waals surface area contributed by atoms with Crippen molar-refractivity contribution in [3.05, 3.63) is 0 Å². The van der Waals surface area contributed by atoms with Crippen LogP contribution in [0.5, 0.6) is 0 Å². The minimum Gasteiger partial charge on any atom is -0.351 e. The first-order valence-electron chi connectivity index (χ1n) is 7.21. The molecule has 104 valence electrons. The topological polar surface area (TPSA) is 55.1 Å². The van der Waals surface area contributed by atoms with Crippen molar-refractivity contribution in [2.75, 3.05) is 0 Å². The third kappa shape index (κ3) is 1.97. The monoisotopic (exact) mass is 252 g/mol. The van der Waals surface area contributed by atoms with Gasteiger partial charge in [-0.3, -0.25) is 4.79 Å². The van der Waals surface area contributed by atoms with E-state index in [1.807, 2.05) is 0 Å². The molecular formula is C15H28N2O. The molecule has 2 unspecified atom stereocenters. The number of nitrogens with two attached hydrogens (primary N) is 1. The van der Waals surface area contributed by atoms with Gasteiger partial charge in [0.15, 0.2) is 0 Å². The second-order valence-corrected chi connectivity index (χ2v) is 7.71. The lowest BCUT2D eigenvalue weighted by Crippen LogP contribution is -2.57. The van der Waals surface area contributed by atoms with Crippen LogP contribution in [0.3, 0.4) is 0 Å². The molecule has 0 aliphatic heterocycles. The Hall–Kier alpha value is -0.570. The van der Waals surface area contributed by atoms with E-state index in [0.29, 0.717) is 5.92 Å². The van der Waals surface area contributed by atoms with Gasteiger partial charge >= 0.3 is 0 Å². The summed E-state index contributed by atoms with van der Waals surface area (Å²) in [6, 6.07) is 0.259. The third-order valence-electron chi connectivity index (χ3n) is 5.78. The van der Waals surface area contributed by atoms with Gasteiger partial charge in [0.05, 0.1) is 5.54 Å². The molecule has 0 radical (unpaired) electrons. The second-order valence-electron chi connectivity index (χ2n) is 7.71. The fourth-order valence-electron chi connectivity index (χ4n) is 3.63. The third-order valence-corrected chi connectivity index (χ3v) is 5.78. The summed E-state index contributed by atoms with van der Waals surface area (Å²) in [6.07, 6.45) is 3.93. The van der Waals surface area contributed by atoms with E-state index < -0.39 is 5.54 Å². The van der Waals surface area contributed by atoms with Gasteiger partial charge in [0.2, 0.25) is 5.91 Å². The van der Waals surface area contributed by atoms with Crippen molar-refractivity contribution in [2.24, 2.45) is 22.5 Å².